The van der Waals surface area contributed by atoms with Crippen LogP contribution in [0.2, 0.25) is 10.0 Å². The molecule has 0 unspecified atom stereocenters. The summed E-state index contributed by atoms with van der Waals surface area (Å²) in [5.74, 6) is 0.529. The van der Waals surface area contributed by atoms with Gasteiger partial charge in [-0.2, -0.15) is 0 Å². The number of benzene rings is 1. The molecular formula is C18H19Cl2N3O. The van der Waals surface area contributed by atoms with Gasteiger partial charge in [-0.05, 0) is 43.0 Å². The Morgan fingerprint density at radius 1 is 1.12 bits per heavy atom. The van der Waals surface area contributed by atoms with Gasteiger partial charge in [-0.1, -0.05) is 30.1 Å². The summed E-state index contributed by atoms with van der Waals surface area (Å²) in [4.78, 5) is 19.0. The molecule has 0 spiro atoms. The first-order chi connectivity index (χ1) is 11.5. The van der Waals surface area contributed by atoms with Crippen LogP contribution >= 0.6 is 23.2 Å². The number of rotatable bonds is 3. The third-order valence-electron chi connectivity index (χ3n) is 4.26. The Bertz CT molecular complexity index is 723. The molecule has 2 heterocycles. The lowest BCUT2D eigenvalue weighted by atomic mass is 9.99. The average Bonchev–Trinajstić information content (AvgIpc) is 2.54. The minimum Gasteiger partial charge on any atom is -0.370 e. The van der Waals surface area contributed by atoms with E-state index in [9.17, 15) is 4.79 Å². The Morgan fingerprint density at radius 2 is 1.79 bits per heavy atom. The highest BCUT2D eigenvalue weighted by Crippen LogP contribution is 2.25. The first-order valence-electron chi connectivity index (χ1n) is 7.99. The second-order valence-corrected chi connectivity index (χ2v) is 7.09. The maximum absolute atomic E-state index is 12.5. The van der Waals surface area contributed by atoms with Crippen LogP contribution in [0.25, 0.3) is 0 Å². The highest BCUT2D eigenvalue weighted by molar-refractivity contribution is 6.35. The van der Waals surface area contributed by atoms with Crippen LogP contribution in [-0.2, 0) is 0 Å². The van der Waals surface area contributed by atoms with Gasteiger partial charge in [0.2, 0.25) is 0 Å². The molecule has 3 rings (SSSR count). The Hall–Kier alpha value is -1.78. The van der Waals surface area contributed by atoms with Crippen LogP contribution in [-0.4, -0.2) is 24.0 Å². The summed E-state index contributed by atoms with van der Waals surface area (Å²) in [5, 5.41) is 3.77. The van der Waals surface area contributed by atoms with Gasteiger partial charge in [-0.3, -0.25) is 9.78 Å². The fourth-order valence-corrected chi connectivity index (χ4v) is 3.35. The minimum atomic E-state index is -0.229. The molecule has 126 valence electrons. The molecule has 1 aliphatic heterocycles. The number of carbonyl (C=O) groups is 1. The number of hydrogen-bond acceptors (Lipinski definition) is 3. The highest BCUT2D eigenvalue weighted by Gasteiger charge is 2.17. The van der Waals surface area contributed by atoms with Gasteiger partial charge >= 0.3 is 0 Å². The number of piperidine rings is 1. The van der Waals surface area contributed by atoms with Crippen molar-refractivity contribution in [2.24, 2.45) is 5.92 Å². The zero-order valence-corrected chi connectivity index (χ0v) is 14.9. The molecule has 1 fully saturated rings. The Morgan fingerprint density at radius 3 is 2.46 bits per heavy atom. The molecule has 0 aliphatic carbocycles. The predicted molar refractivity (Wildman–Crippen MR) is 99.3 cm³/mol. The summed E-state index contributed by atoms with van der Waals surface area (Å²) in [6.07, 6.45) is 5.70. The monoisotopic (exact) mass is 363 g/mol. The normalized spacial score (nSPS) is 15.4. The van der Waals surface area contributed by atoms with Crippen LogP contribution in [0.1, 0.15) is 30.1 Å². The third kappa shape index (κ3) is 4.19. The van der Waals surface area contributed by atoms with Crippen molar-refractivity contribution in [1.29, 1.82) is 0 Å². The lowest BCUT2D eigenvalue weighted by Gasteiger charge is -2.32. The SMILES string of the molecule is CC1CCN(c2cncc(C(=O)Nc3cc(Cl)cc(Cl)c3)c2)CC1. The number of pyridine rings is 1. The molecule has 1 amide bonds. The van der Waals surface area contributed by atoms with Crippen molar-refractivity contribution in [3.8, 4) is 0 Å². The van der Waals surface area contributed by atoms with E-state index in [2.05, 4.69) is 22.1 Å². The number of amides is 1. The van der Waals surface area contributed by atoms with E-state index >= 15 is 0 Å². The third-order valence-corrected chi connectivity index (χ3v) is 4.69. The largest absolute Gasteiger partial charge is 0.370 e. The molecular weight excluding hydrogens is 345 g/mol. The molecule has 1 aromatic carbocycles. The van der Waals surface area contributed by atoms with E-state index in [1.165, 1.54) is 0 Å². The number of anilines is 2. The molecule has 0 bridgehead atoms. The maximum Gasteiger partial charge on any atom is 0.257 e. The second kappa shape index (κ2) is 7.41. The lowest BCUT2D eigenvalue weighted by molar-refractivity contribution is 0.102. The van der Waals surface area contributed by atoms with Crippen LogP contribution < -0.4 is 10.2 Å². The maximum atomic E-state index is 12.5. The van der Waals surface area contributed by atoms with Crippen LogP contribution in [0.5, 0.6) is 0 Å². The van der Waals surface area contributed by atoms with Gasteiger partial charge in [0.1, 0.15) is 0 Å². The van der Waals surface area contributed by atoms with Gasteiger partial charge in [0.25, 0.3) is 5.91 Å². The van der Waals surface area contributed by atoms with Gasteiger partial charge in [0.15, 0.2) is 0 Å². The van der Waals surface area contributed by atoms with Crippen LogP contribution in [0.15, 0.2) is 36.7 Å². The summed E-state index contributed by atoms with van der Waals surface area (Å²) >= 11 is 11.9. The minimum absolute atomic E-state index is 0.229. The molecule has 4 nitrogen and oxygen atoms in total. The van der Waals surface area contributed by atoms with Gasteiger partial charge < -0.3 is 10.2 Å². The molecule has 1 aliphatic rings. The van der Waals surface area contributed by atoms with E-state index in [0.717, 1.165) is 37.5 Å². The number of nitrogens with zero attached hydrogens (tertiary/aromatic N) is 2. The number of halogens is 2. The molecule has 0 atom stereocenters. The Kier molecular flexibility index (Phi) is 5.27. The lowest BCUT2D eigenvalue weighted by Crippen LogP contribution is -2.33. The number of nitrogens with one attached hydrogen (secondary N) is 1. The van der Waals surface area contributed by atoms with Gasteiger partial charge in [0, 0.05) is 35.0 Å². The summed E-state index contributed by atoms with van der Waals surface area (Å²) < 4.78 is 0. The highest BCUT2D eigenvalue weighted by atomic mass is 35.5. The van der Waals surface area contributed by atoms with E-state index in [0.29, 0.717) is 21.3 Å². The predicted octanol–water partition coefficient (Wildman–Crippen LogP) is 4.88. The van der Waals surface area contributed by atoms with Gasteiger partial charge in [-0.15, -0.1) is 0 Å². The molecule has 1 aromatic heterocycles. The number of carbonyl (C=O) groups excluding carboxylic acids is 1. The first-order valence-corrected chi connectivity index (χ1v) is 8.74. The van der Waals surface area contributed by atoms with Crippen molar-refractivity contribution in [2.45, 2.75) is 19.8 Å². The van der Waals surface area contributed by atoms with Crippen molar-refractivity contribution < 1.29 is 4.79 Å². The quantitative estimate of drug-likeness (QED) is 0.845. The number of aromatic nitrogens is 1. The van der Waals surface area contributed by atoms with E-state index in [1.807, 2.05) is 12.3 Å². The first kappa shape index (κ1) is 17.1. The topological polar surface area (TPSA) is 45.2 Å². The summed E-state index contributed by atoms with van der Waals surface area (Å²) in [6, 6.07) is 6.83. The molecule has 2 aromatic rings. The fourth-order valence-electron chi connectivity index (χ4n) is 2.82. The summed E-state index contributed by atoms with van der Waals surface area (Å²) in [5.41, 5.74) is 2.07. The molecule has 1 saturated heterocycles. The Balaban J connectivity index is 1.74. The van der Waals surface area contributed by atoms with E-state index in [-0.39, 0.29) is 5.91 Å². The summed E-state index contributed by atoms with van der Waals surface area (Å²) in [6.45, 7) is 4.27. The van der Waals surface area contributed by atoms with E-state index < -0.39 is 0 Å². The zero-order chi connectivity index (χ0) is 17.1. The molecule has 0 saturated carbocycles. The van der Waals surface area contributed by atoms with Crippen molar-refractivity contribution in [3.05, 3.63) is 52.3 Å². The summed E-state index contributed by atoms with van der Waals surface area (Å²) in [7, 11) is 0. The van der Waals surface area contributed by atoms with Crippen LogP contribution in [0.3, 0.4) is 0 Å². The van der Waals surface area contributed by atoms with Crippen molar-refractivity contribution in [1.82, 2.24) is 4.98 Å². The smallest absolute Gasteiger partial charge is 0.257 e. The standard InChI is InChI=1S/C18H19Cl2N3O/c1-12-2-4-23(5-3-12)17-6-13(10-21-11-17)18(24)22-16-8-14(19)7-15(20)9-16/h6-12H,2-5H2,1H3,(H,22,24). The van der Waals surface area contributed by atoms with Gasteiger partial charge in [-0.25, -0.2) is 0 Å². The van der Waals surface area contributed by atoms with E-state index in [1.54, 1.807) is 24.4 Å². The Labute approximate surface area is 151 Å². The van der Waals surface area contributed by atoms with Gasteiger partial charge in [0.05, 0.1) is 17.4 Å². The van der Waals surface area contributed by atoms with E-state index in [4.69, 9.17) is 23.2 Å². The number of hydrogen-bond donors (Lipinski definition) is 1. The molecule has 24 heavy (non-hydrogen) atoms. The van der Waals surface area contributed by atoms with Crippen LogP contribution in [0, 0.1) is 5.92 Å². The second-order valence-electron chi connectivity index (χ2n) is 6.21. The van der Waals surface area contributed by atoms with Crippen LogP contribution in [0.4, 0.5) is 11.4 Å². The molecule has 6 heteroatoms. The molecule has 1 N–H and O–H groups in total. The fraction of sp³-hybridized carbons (Fsp3) is 0.333. The van der Waals surface area contributed by atoms with Crippen molar-refractivity contribution in [2.75, 3.05) is 23.3 Å². The zero-order valence-electron chi connectivity index (χ0n) is 13.4. The molecule has 0 radical (unpaired) electrons. The average molecular weight is 364 g/mol. The van der Waals surface area contributed by atoms with Crippen molar-refractivity contribution >= 4 is 40.5 Å². The van der Waals surface area contributed by atoms with Crippen molar-refractivity contribution in [3.63, 3.8) is 0 Å².